The van der Waals surface area contributed by atoms with Gasteiger partial charge in [0.1, 0.15) is 0 Å². The number of hydrogen-bond donors (Lipinski definition) is 1. The van der Waals surface area contributed by atoms with Crippen molar-refractivity contribution < 1.29 is 19.4 Å². The summed E-state index contributed by atoms with van der Waals surface area (Å²) in [5.74, 6) is -0.331. The summed E-state index contributed by atoms with van der Waals surface area (Å²) >= 11 is 0. The van der Waals surface area contributed by atoms with Crippen molar-refractivity contribution in [3.8, 4) is 5.88 Å². The van der Waals surface area contributed by atoms with Crippen molar-refractivity contribution in [2.75, 3.05) is 13.2 Å². The summed E-state index contributed by atoms with van der Waals surface area (Å²) in [7, 11) is 0. The van der Waals surface area contributed by atoms with E-state index in [9.17, 15) is 14.7 Å². The summed E-state index contributed by atoms with van der Waals surface area (Å²) in [6.45, 7) is 20.4. The third kappa shape index (κ3) is 7.80. The molecule has 5 atom stereocenters. The lowest BCUT2D eigenvalue weighted by Crippen LogP contribution is -2.48. The molecule has 1 aromatic rings. The number of fused-ring (bicyclic) bond motifs is 4. The molecule has 55 heavy (non-hydrogen) atoms. The Balaban J connectivity index is 1.65. The third-order valence-corrected chi connectivity index (χ3v) is 12.2. The lowest BCUT2D eigenvalue weighted by Gasteiger charge is -2.19. The summed E-state index contributed by atoms with van der Waals surface area (Å²) in [5, 5.41) is 12.8. The van der Waals surface area contributed by atoms with Crippen LogP contribution >= 0.6 is 0 Å². The van der Waals surface area contributed by atoms with Gasteiger partial charge in [-0.3, -0.25) is 29.1 Å². The zero-order valence-electron chi connectivity index (χ0n) is 34.6. The van der Waals surface area contributed by atoms with Gasteiger partial charge < -0.3 is 14.6 Å². The second kappa shape index (κ2) is 17.3. The molecule has 1 N–H and O–H groups in total. The van der Waals surface area contributed by atoms with E-state index in [0.717, 1.165) is 90.2 Å². The lowest BCUT2D eigenvalue weighted by atomic mass is 9.85. The van der Waals surface area contributed by atoms with E-state index in [1.165, 1.54) is 4.57 Å². The van der Waals surface area contributed by atoms with Crippen molar-refractivity contribution in [1.82, 2.24) is 4.57 Å². The lowest BCUT2D eigenvalue weighted by molar-refractivity contribution is -0.143. The van der Waals surface area contributed by atoms with Crippen LogP contribution in [0, 0.1) is 23.7 Å². The van der Waals surface area contributed by atoms with E-state index in [1.54, 1.807) is 0 Å². The number of aromatic nitrogens is 1. The maximum absolute atomic E-state index is 14.8. The Morgan fingerprint density at radius 3 is 2.40 bits per heavy atom. The smallest absolute Gasteiger partial charge is 0.305 e. The summed E-state index contributed by atoms with van der Waals surface area (Å²) in [6, 6.07) is 0. The fourth-order valence-corrected chi connectivity index (χ4v) is 8.91. The first-order valence-electron chi connectivity index (χ1n) is 20.9. The fourth-order valence-electron chi connectivity index (χ4n) is 8.91. The number of unbranched alkanes of at least 4 members (excludes halogenated alkanes) is 3. The second-order valence-electron chi connectivity index (χ2n) is 15.9. The van der Waals surface area contributed by atoms with Crippen LogP contribution in [0.25, 0.3) is 11.3 Å². The molecular weight excluding hydrogens is 691 g/mol. The monoisotopic (exact) mass is 751 g/mol. The van der Waals surface area contributed by atoms with Gasteiger partial charge in [0.2, 0.25) is 5.88 Å². The van der Waals surface area contributed by atoms with Gasteiger partial charge in [0, 0.05) is 72.4 Å². The van der Waals surface area contributed by atoms with Crippen molar-refractivity contribution >= 4 is 34.4 Å². The maximum Gasteiger partial charge on any atom is 0.305 e. The molecule has 1 aromatic heterocycles. The predicted octanol–water partition coefficient (Wildman–Crippen LogP) is 7.92. The van der Waals surface area contributed by atoms with Crippen molar-refractivity contribution in [2.24, 2.45) is 43.6 Å². The number of hydrogen-bond acceptors (Lipinski definition) is 9. The van der Waals surface area contributed by atoms with Crippen LogP contribution < -0.4 is 16.1 Å². The molecular formula is C45H61N5O5. The first kappa shape index (κ1) is 40.5. The molecule has 6 heterocycles. The molecule has 10 heteroatoms. The number of esters is 1. The van der Waals surface area contributed by atoms with Gasteiger partial charge in [-0.25, -0.2) is 4.99 Å². The minimum Gasteiger partial charge on any atom is -0.494 e. The van der Waals surface area contributed by atoms with E-state index >= 15 is 0 Å². The van der Waals surface area contributed by atoms with Crippen molar-refractivity contribution in [3.05, 3.63) is 66.9 Å². The largest absolute Gasteiger partial charge is 0.494 e. The molecule has 0 fully saturated rings. The molecule has 5 aliphatic rings. The van der Waals surface area contributed by atoms with Crippen molar-refractivity contribution in [3.63, 3.8) is 0 Å². The average Bonchev–Trinajstić information content (AvgIpc) is 3.85. The molecule has 296 valence electrons. The van der Waals surface area contributed by atoms with Crippen molar-refractivity contribution in [1.29, 1.82) is 0 Å². The van der Waals surface area contributed by atoms with Crippen LogP contribution in [0.2, 0.25) is 0 Å². The molecule has 0 saturated heterocycles. The number of ether oxygens (including phenoxy) is 2. The number of carbonyl (C=O) groups is 1. The Morgan fingerprint density at radius 2 is 1.69 bits per heavy atom. The Labute approximate surface area is 326 Å². The van der Waals surface area contributed by atoms with Gasteiger partial charge in [-0.1, -0.05) is 60.8 Å². The number of aliphatic imine (C=N–C) groups is 3. The third-order valence-electron chi connectivity index (χ3n) is 12.2. The minimum atomic E-state index is -0.305. The summed E-state index contributed by atoms with van der Waals surface area (Å²) in [5.41, 5.74) is 9.17. The molecule has 0 spiro atoms. The normalized spacial score (nSPS) is 23.4. The van der Waals surface area contributed by atoms with Gasteiger partial charge in [0.05, 0.1) is 51.7 Å². The first-order chi connectivity index (χ1) is 26.4. The Bertz CT molecular complexity index is 2130. The van der Waals surface area contributed by atoms with Gasteiger partial charge in [-0.05, 0) is 76.2 Å². The van der Waals surface area contributed by atoms with E-state index < -0.39 is 0 Å². The highest BCUT2D eigenvalue weighted by Crippen LogP contribution is 2.41. The maximum atomic E-state index is 14.8. The topological polar surface area (TPSA) is 127 Å². The molecule has 8 bridgehead atoms. The van der Waals surface area contributed by atoms with Crippen LogP contribution in [0.1, 0.15) is 132 Å². The van der Waals surface area contributed by atoms with Crippen LogP contribution in [0.15, 0.2) is 65.2 Å². The molecule has 5 aliphatic heterocycles. The molecule has 10 nitrogen and oxygen atoms in total. The zero-order chi connectivity index (χ0) is 39.6. The summed E-state index contributed by atoms with van der Waals surface area (Å²) < 4.78 is 13.3. The van der Waals surface area contributed by atoms with Gasteiger partial charge in [0.15, 0.2) is 0 Å². The Morgan fingerprint density at radius 1 is 0.927 bits per heavy atom. The number of aromatic hydroxyl groups is 1. The number of nitrogens with zero attached hydrogens (tertiary/aromatic N) is 5. The Kier molecular flexibility index (Phi) is 12.7. The van der Waals surface area contributed by atoms with Crippen molar-refractivity contribution in [2.45, 2.75) is 139 Å². The van der Waals surface area contributed by atoms with Gasteiger partial charge in [-0.2, -0.15) is 0 Å². The van der Waals surface area contributed by atoms with E-state index in [-0.39, 0.29) is 53.6 Å². The van der Waals surface area contributed by atoms with Crippen LogP contribution in [0.5, 0.6) is 5.88 Å². The molecule has 6 rings (SSSR count). The van der Waals surface area contributed by atoms with Gasteiger partial charge >= 0.3 is 5.97 Å². The quantitative estimate of drug-likeness (QED) is 0.144. The molecule has 0 radical (unpaired) electrons. The summed E-state index contributed by atoms with van der Waals surface area (Å²) in [6.07, 6.45) is 11.6. The number of allylic oxidation sites excluding steroid dienone is 5. The summed E-state index contributed by atoms with van der Waals surface area (Å²) in [4.78, 5) is 48.8. The SMILES string of the molecule is CCCCCCn1c(O)c2c3c(c1=O)=C1N=C(C=C4N=C(CC5=NC(=CC(=C2C)N=3)[C@H](CC)[C@H]5C)C(C(C)OCCC)=C4C)[C@@H](C)[C@@H]1CCC(=O)OCCC. The average molecular weight is 752 g/mol. The van der Waals surface area contributed by atoms with E-state index in [1.807, 2.05) is 13.8 Å². The zero-order valence-corrected chi connectivity index (χ0v) is 34.6. The molecule has 0 aromatic carbocycles. The molecule has 0 saturated carbocycles. The highest BCUT2D eigenvalue weighted by molar-refractivity contribution is 6.17. The first-order valence-corrected chi connectivity index (χ1v) is 20.9. The van der Waals surface area contributed by atoms with Crippen LogP contribution in [0.4, 0.5) is 0 Å². The van der Waals surface area contributed by atoms with E-state index in [0.29, 0.717) is 60.1 Å². The molecule has 0 amide bonds. The van der Waals surface area contributed by atoms with E-state index in [4.69, 9.17) is 29.4 Å². The Hall–Kier alpha value is -4.18. The van der Waals surface area contributed by atoms with Crippen LogP contribution in [0.3, 0.4) is 0 Å². The number of pyridine rings is 1. The van der Waals surface area contributed by atoms with Gasteiger partial charge in [0.25, 0.3) is 5.56 Å². The highest BCUT2D eigenvalue weighted by atomic mass is 16.5. The second-order valence-corrected chi connectivity index (χ2v) is 15.9. The highest BCUT2D eigenvalue weighted by Gasteiger charge is 2.38. The fraction of sp³-hybridized carbons (Fsp3) is 0.600. The minimum absolute atomic E-state index is 0.0540. The van der Waals surface area contributed by atoms with Gasteiger partial charge in [-0.15, -0.1) is 0 Å². The van der Waals surface area contributed by atoms with Crippen LogP contribution in [-0.2, 0) is 20.8 Å². The number of carbonyl (C=O) groups excluding carboxylic acids is 1. The molecule has 0 aliphatic carbocycles. The molecule has 1 unspecified atom stereocenters. The standard InChI is InChI=1S/C45H61N5O5/c1-10-14-15-16-19-50-44(52)40-28(8)35-23-36-30(13-4)25(5)32(46-36)24-37-39(29(9)54-20-11-2)27(7)34(47-37)22-33-26(6)31(17-18-38(51)55-21-12-3)42(48-33)41(45(50)53)43(40)49-35/h22-23,25-26,29-31,52H,10-21,24H2,1-9H3/t25-,26+,29?,30-,31+/m1/s1. The predicted molar refractivity (Wildman–Crippen MR) is 221 cm³/mol. The number of rotatable bonds is 15. The van der Waals surface area contributed by atoms with Crippen LogP contribution in [-0.4, -0.2) is 52.1 Å². The van der Waals surface area contributed by atoms with E-state index in [2.05, 4.69) is 60.6 Å².